The first kappa shape index (κ1) is 25.3. The van der Waals surface area contributed by atoms with Gasteiger partial charge in [0.25, 0.3) is 5.91 Å². The average molecular weight is 487 g/mol. The summed E-state index contributed by atoms with van der Waals surface area (Å²) < 4.78 is 43.8. The molecule has 1 heterocycles. The van der Waals surface area contributed by atoms with Crippen molar-refractivity contribution in [2.24, 2.45) is 5.92 Å². The highest BCUT2D eigenvalue weighted by Gasteiger charge is 2.17. The molecule has 34 heavy (non-hydrogen) atoms. The number of sulfonamides is 1. The summed E-state index contributed by atoms with van der Waals surface area (Å²) in [6.45, 7) is 6.61. The molecule has 9 heteroatoms. The molecule has 0 saturated carbocycles. The number of carbonyl (C=O) groups excluding carboxylic acids is 1. The number of methoxy groups -OCH3 is 1. The highest BCUT2D eigenvalue weighted by Crippen LogP contribution is 2.30. The van der Waals surface area contributed by atoms with Crippen LogP contribution in [0.5, 0.6) is 11.5 Å². The number of furan rings is 1. The van der Waals surface area contributed by atoms with E-state index in [0.717, 1.165) is 5.56 Å². The van der Waals surface area contributed by atoms with Gasteiger partial charge in [0.05, 0.1) is 37.5 Å². The van der Waals surface area contributed by atoms with E-state index in [9.17, 15) is 13.2 Å². The molecule has 0 fully saturated rings. The maximum atomic E-state index is 12.7. The zero-order chi connectivity index (χ0) is 24.7. The fraction of sp³-hybridized carbons (Fsp3) is 0.320. The SMILES string of the molecule is COc1cc(C(C)NC(=O)c2ccc(S(=O)(=O)NCc3ccco3)cc2)ccc1OCC(C)C. The van der Waals surface area contributed by atoms with Crippen LogP contribution in [0.25, 0.3) is 0 Å². The fourth-order valence-corrected chi connectivity index (χ4v) is 4.13. The number of rotatable bonds is 11. The molecule has 1 aromatic heterocycles. The standard InChI is InChI=1S/C25H30N2O6S/c1-17(2)16-33-23-12-9-20(14-24(23)31-4)18(3)27-25(28)19-7-10-22(11-8-19)34(29,30)26-15-21-6-5-13-32-21/h5-14,17-18,26H,15-16H2,1-4H3,(H,27,28). The van der Waals surface area contributed by atoms with Crippen LogP contribution in [0.15, 0.2) is 70.2 Å². The van der Waals surface area contributed by atoms with Crippen LogP contribution in [0.4, 0.5) is 0 Å². The van der Waals surface area contributed by atoms with Crippen molar-refractivity contribution in [1.82, 2.24) is 10.0 Å². The molecule has 0 saturated heterocycles. The Labute approximate surface area is 200 Å². The molecule has 1 amide bonds. The Hall–Kier alpha value is -3.30. The van der Waals surface area contributed by atoms with Crippen LogP contribution in [-0.2, 0) is 16.6 Å². The zero-order valence-corrected chi connectivity index (χ0v) is 20.5. The van der Waals surface area contributed by atoms with E-state index >= 15 is 0 Å². The third kappa shape index (κ3) is 6.61. The van der Waals surface area contributed by atoms with Crippen molar-refractivity contribution in [2.75, 3.05) is 13.7 Å². The zero-order valence-electron chi connectivity index (χ0n) is 19.7. The monoisotopic (exact) mass is 486 g/mol. The summed E-state index contributed by atoms with van der Waals surface area (Å²) in [5, 5.41) is 2.92. The molecule has 2 aromatic carbocycles. The van der Waals surface area contributed by atoms with Gasteiger partial charge in [0, 0.05) is 5.56 Å². The second kappa shape index (κ2) is 11.2. The van der Waals surface area contributed by atoms with Gasteiger partial charge in [0.15, 0.2) is 11.5 Å². The van der Waals surface area contributed by atoms with E-state index in [0.29, 0.717) is 35.3 Å². The van der Waals surface area contributed by atoms with E-state index in [-0.39, 0.29) is 23.4 Å². The molecule has 182 valence electrons. The molecule has 1 atom stereocenters. The maximum Gasteiger partial charge on any atom is 0.251 e. The van der Waals surface area contributed by atoms with Gasteiger partial charge in [-0.3, -0.25) is 4.79 Å². The van der Waals surface area contributed by atoms with Crippen LogP contribution >= 0.6 is 0 Å². The van der Waals surface area contributed by atoms with Gasteiger partial charge in [-0.15, -0.1) is 0 Å². The van der Waals surface area contributed by atoms with E-state index in [1.165, 1.54) is 30.5 Å². The molecule has 2 N–H and O–H groups in total. The number of hydrogen-bond acceptors (Lipinski definition) is 6. The van der Waals surface area contributed by atoms with Crippen LogP contribution in [0.2, 0.25) is 0 Å². The number of amides is 1. The number of benzene rings is 2. The van der Waals surface area contributed by atoms with Crippen molar-refractivity contribution < 1.29 is 27.1 Å². The Balaban J connectivity index is 1.63. The van der Waals surface area contributed by atoms with Gasteiger partial charge < -0.3 is 19.2 Å². The molecule has 0 spiro atoms. The average Bonchev–Trinajstić information content (AvgIpc) is 3.35. The largest absolute Gasteiger partial charge is 0.493 e. The summed E-state index contributed by atoms with van der Waals surface area (Å²) in [4.78, 5) is 12.8. The van der Waals surface area contributed by atoms with Crippen molar-refractivity contribution in [1.29, 1.82) is 0 Å². The molecule has 8 nitrogen and oxygen atoms in total. The predicted octanol–water partition coefficient (Wildman–Crippen LogP) is 4.29. The first-order valence-corrected chi connectivity index (χ1v) is 12.4. The lowest BCUT2D eigenvalue weighted by Crippen LogP contribution is -2.27. The number of nitrogens with one attached hydrogen (secondary N) is 2. The topological polar surface area (TPSA) is 107 Å². The van der Waals surface area contributed by atoms with Gasteiger partial charge in [-0.2, -0.15) is 0 Å². The highest BCUT2D eigenvalue weighted by molar-refractivity contribution is 7.89. The molecule has 0 aliphatic carbocycles. The second-order valence-corrected chi connectivity index (χ2v) is 10.0. The summed E-state index contributed by atoms with van der Waals surface area (Å²) in [5.41, 5.74) is 1.20. The minimum absolute atomic E-state index is 0.0415. The molecule has 0 bridgehead atoms. The van der Waals surface area contributed by atoms with Gasteiger partial charge in [0.1, 0.15) is 5.76 Å². The third-order valence-electron chi connectivity index (χ3n) is 5.05. The van der Waals surface area contributed by atoms with Crippen molar-refractivity contribution in [3.8, 4) is 11.5 Å². The smallest absolute Gasteiger partial charge is 0.251 e. The van der Waals surface area contributed by atoms with E-state index < -0.39 is 10.0 Å². The summed E-state index contributed by atoms with van der Waals surface area (Å²) in [6.07, 6.45) is 1.48. The molecule has 0 aliphatic rings. The van der Waals surface area contributed by atoms with Crippen LogP contribution < -0.4 is 19.5 Å². The summed E-state index contributed by atoms with van der Waals surface area (Å²) in [6, 6.07) is 14.3. The quantitative estimate of drug-likeness (QED) is 0.419. The molecular formula is C25H30N2O6S. The van der Waals surface area contributed by atoms with E-state index in [4.69, 9.17) is 13.9 Å². The van der Waals surface area contributed by atoms with Crippen LogP contribution in [0.1, 0.15) is 48.5 Å². The van der Waals surface area contributed by atoms with Crippen molar-refractivity contribution in [3.05, 3.63) is 77.7 Å². The van der Waals surface area contributed by atoms with Gasteiger partial charge >= 0.3 is 0 Å². The van der Waals surface area contributed by atoms with Gasteiger partial charge in [0.2, 0.25) is 10.0 Å². The first-order valence-electron chi connectivity index (χ1n) is 10.9. The summed E-state index contributed by atoms with van der Waals surface area (Å²) in [7, 11) is -2.16. The molecule has 3 aromatic rings. The van der Waals surface area contributed by atoms with Crippen LogP contribution in [0.3, 0.4) is 0 Å². The van der Waals surface area contributed by atoms with Crippen molar-refractivity contribution in [2.45, 2.75) is 38.3 Å². The Morgan fingerprint density at radius 1 is 1.03 bits per heavy atom. The van der Waals surface area contributed by atoms with E-state index in [1.54, 1.807) is 19.2 Å². The summed E-state index contributed by atoms with van der Waals surface area (Å²) in [5.74, 6) is 1.81. The lowest BCUT2D eigenvalue weighted by molar-refractivity contribution is 0.0939. The van der Waals surface area contributed by atoms with Gasteiger partial charge in [-0.25, -0.2) is 13.1 Å². The second-order valence-electron chi connectivity index (χ2n) is 8.24. The van der Waals surface area contributed by atoms with Crippen LogP contribution in [0, 0.1) is 5.92 Å². The van der Waals surface area contributed by atoms with Gasteiger partial charge in [-0.1, -0.05) is 19.9 Å². The third-order valence-corrected chi connectivity index (χ3v) is 6.47. The Morgan fingerprint density at radius 3 is 2.38 bits per heavy atom. The minimum atomic E-state index is -3.73. The fourth-order valence-electron chi connectivity index (χ4n) is 3.14. The normalized spacial score (nSPS) is 12.4. The van der Waals surface area contributed by atoms with E-state index in [1.807, 2.05) is 25.1 Å². The van der Waals surface area contributed by atoms with Crippen LogP contribution in [-0.4, -0.2) is 28.0 Å². The van der Waals surface area contributed by atoms with Crippen molar-refractivity contribution in [3.63, 3.8) is 0 Å². The maximum absolute atomic E-state index is 12.7. The lowest BCUT2D eigenvalue weighted by atomic mass is 10.1. The molecular weight excluding hydrogens is 456 g/mol. The van der Waals surface area contributed by atoms with E-state index in [2.05, 4.69) is 23.9 Å². The molecule has 3 rings (SSSR count). The molecule has 0 aliphatic heterocycles. The Morgan fingerprint density at radius 2 is 1.76 bits per heavy atom. The lowest BCUT2D eigenvalue weighted by Gasteiger charge is -2.18. The van der Waals surface area contributed by atoms with Crippen molar-refractivity contribution >= 4 is 15.9 Å². The predicted molar refractivity (Wildman–Crippen MR) is 128 cm³/mol. The number of hydrogen-bond donors (Lipinski definition) is 2. The molecule has 0 radical (unpaired) electrons. The minimum Gasteiger partial charge on any atom is -0.493 e. The number of ether oxygens (including phenoxy) is 2. The highest BCUT2D eigenvalue weighted by atomic mass is 32.2. The Bertz CT molecular complexity index is 1190. The summed E-state index contributed by atoms with van der Waals surface area (Å²) >= 11 is 0. The first-order chi connectivity index (χ1) is 16.2. The molecule has 1 unspecified atom stereocenters. The Kier molecular flexibility index (Phi) is 8.36. The number of carbonyl (C=O) groups is 1. The van der Waals surface area contributed by atoms with Gasteiger partial charge in [-0.05, 0) is 66.9 Å².